The average molecular weight is 409 g/mol. The molecule has 0 spiro atoms. The zero-order valence-electron chi connectivity index (χ0n) is 15.4. The van der Waals surface area contributed by atoms with Gasteiger partial charge in [-0.25, -0.2) is 9.40 Å². The largest absolute Gasteiger partial charge is 0.760 e. The van der Waals surface area contributed by atoms with Crippen molar-refractivity contribution in [3.63, 3.8) is 0 Å². The van der Waals surface area contributed by atoms with E-state index in [0.717, 1.165) is 5.56 Å². The van der Waals surface area contributed by atoms with Crippen LogP contribution >= 0.6 is 0 Å². The molecule has 0 fully saturated rings. The number of H-pyrrole nitrogens is 1. The highest BCUT2D eigenvalue weighted by molar-refractivity contribution is 7.77. The summed E-state index contributed by atoms with van der Waals surface area (Å²) < 4.78 is 31.4. The minimum absolute atomic E-state index is 0.122. The van der Waals surface area contributed by atoms with Gasteiger partial charge in [0.15, 0.2) is 0 Å². The quantitative estimate of drug-likeness (QED) is 0.476. The van der Waals surface area contributed by atoms with Gasteiger partial charge in [0.1, 0.15) is 22.7 Å². The fraction of sp³-hybridized carbons (Fsp3) is 0.100. The maximum absolute atomic E-state index is 12.4. The minimum Gasteiger partial charge on any atom is -0.760 e. The van der Waals surface area contributed by atoms with E-state index in [2.05, 4.69) is 14.8 Å². The Morgan fingerprint density at radius 3 is 2.76 bits per heavy atom. The summed E-state index contributed by atoms with van der Waals surface area (Å²) in [5, 5.41) is 5.10. The Balaban J connectivity index is 1.88. The highest BCUT2D eigenvalue weighted by atomic mass is 32.2. The van der Waals surface area contributed by atoms with Crippen molar-refractivity contribution in [1.82, 2.24) is 19.5 Å². The standard InChI is InChI=1S/C20H18N4O4S/c1-24-20(25)19-15(9-10-21-19)18(23-24)16-11-13(12-22-29(26)27)7-8-17(16)28-14-5-3-2-4-6-14/h2-11,21-22H,12H2,1H3,(H,26,27)/p-1. The normalized spacial score (nSPS) is 12.2. The lowest BCUT2D eigenvalue weighted by Gasteiger charge is -2.15. The summed E-state index contributed by atoms with van der Waals surface area (Å²) in [4.78, 5) is 15.3. The van der Waals surface area contributed by atoms with Crippen molar-refractivity contribution in [2.24, 2.45) is 7.05 Å². The van der Waals surface area contributed by atoms with E-state index in [1.165, 1.54) is 4.68 Å². The Hall–Kier alpha value is -3.27. The first-order chi connectivity index (χ1) is 14.0. The van der Waals surface area contributed by atoms with E-state index in [4.69, 9.17) is 4.74 Å². The molecule has 0 saturated carbocycles. The lowest BCUT2D eigenvalue weighted by atomic mass is 10.0. The summed E-state index contributed by atoms with van der Waals surface area (Å²) in [7, 11) is 1.58. The van der Waals surface area contributed by atoms with Crippen molar-refractivity contribution in [3.05, 3.63) is 76.7 Å². The second-order valence-electron chi connectivity index (χ2n) is 6.35. The second kappa shape index (κ2) is 8.00. The van der Waals surface area contributed by atoms with Gasteiger partial charge in [0.05, 0.1) is 0 Å². The van der Waals surface area contributed by atoms with Gasteiger partial charge in [-0.15, -0.1) is 0 Å². The summed E-state index contributed by atoms with van der Waals surface area (Å²) in [5.74, 6) is 1.19. The molecule has 148 valence electrons. The fourth-order valence-electron chi connectivity index (χ4n) is 3.07. The van der Waals surface area contributed by atoms with Crippen molar-refractivity contribution in [2.45, 2.75) is 6.54 Å². The van der Waals surface area contributed by atoms with E-state index in [9.17, 15) is 13.6 Å². The third-order valence-corrected chi connectivity index (χ3v) is 4.80. The van der Waals surface area contributed by atoms with Gasteiger partial charge < -0.3 is 14.3 Å². The average Bonchev–Trinajstić information content (AvgIpc) is 3.21. The van der Waals surface area contributed by atoms with Gasteiger partial charge in [0.25, 0.3) is 5.56 Å². The first kappa shape index (κ1) is 19.1. The van der Waals surface area contributed by atoms with E-state index in [1.54, 1.807) is 37.5 Å². The predicted molar refractivity (Wildman–Crippen MR) is 109 cm³/mol. The van der Waals surface area contributed by atoms with Gasteiger partial charge in [0.2, 0.25) is 0 Å². The predicted octanol–water partition coefficient (Wildman–Crippen LogP) is 2.60. The number of hydrogen-bond donors (Lipinski definition) is 2. The Labute approximate surface area is 168 Å². The van der Waals surface area contributed by atoms with E-state index in [1.807, 2.05) is 30.3 Å². The third kappa shape index (κ3) is 3.97. The van der Waals surface area contributed by atoms with Crippen LogP contribution in [0.4, 0.5) is 0 Å². The number of fused-ring (bicyclic) bond motifs is 1. The lowest BCUT2D eigenvalue weighted by Crippen LogP contribution is -2.20. The van der Waals surface area contributed by atoms with Crippen LogP contribution in [0.2, 0.25) is 0 Å². The molecule has 29 heavy (non-hydrogen) atoms. The lowest BCUT2D eigenvalue weighted by molar-refractivity contribution is 0.484. The van der Waals surface area contributed by atoms with Crippen LogP contribution in [0.3, 0.4) is 0 Å². The first-order valence-corrected chi connectivity index (χ1v) is 9.84. The zero-order valence-corrected chi connectivity index (χ0v) is 16.2. The number of ether oxygens (including phenoxy) is 1. The number of nitrogens with one attached hydrogen (secondary N) is 2. The molecule has 2 N–H and O–H groups in total. The molecule has 0 aliphatic heterocycles. The molecule has 4 rings (SSSR count). The van der Waals surface area contributed by atoms with Crippen LogP contribution in [0.25, 0.3) is 22.2 Å². The molecule has 1 atom stereocenters. The van der Waals surface area contributed by atoms with Crippen LogP contribution in [0, 0.1) is 0 Å². The van der Waals surface area contributed by atoms with Crippen LogP contribution in [0.15, 0.2) is 65.6 Å². The van der Waals surface area contributed by atoms with Gasteiger partial charge >= 0.3 is 0 Å². The molecule has 0 amide bonds. The number of benzene rings is 2. The molecule has 2 heterocycles. The summed E-state index contributed by atoms with van der Waals surface area (Å²) >= 11 is -2.37. The van der Waals surface area contributed by atoms with Crippen molar-refractivity contribution < 1.29 is 13.5 Å². The topological polar surface area (TPSA) is 112 Å². The molecule has 9 heteroatoms. The number of aryl methyl sites for hydroxylation is 1. The Morgan fingerprint density at radius 1 is 1.21 bits per heavy atom. The van der Waals surface area contributed by atoms with Gasteiger partial charge in [-0.3, -0.25) is 9.00 Å². The molecule has 0 radical (unpaired) electrons. The fourth-order valence-corrected chi connectivity index (χ4v) is 3.36. The van der Waals surface area contributed by atoms with Crippen molar-refractivity contribution in [2.75, 3.05) is 0 Å². The van der Waals surface area contributed by atoms with Crippen molar-refractivity contribution >= 4 is 22.2 Å². The molecule has 0 bridgehead atoms. The SMILES string of the molecule is Cn1nc(-c2cc(CNS(=O)[O-])ccc2Oc2ccccc2)c2cc[nH]c2c1=O. The second-order valence-corrected chi connectivity index (χ2v) is 7.10. The summed E-state index contributed by atoms with van der Waals surface area (Å²) in [6.45, 7) is 0.122. The Kier molecular flexibility index (Phi) is 5.26. The molecular formula is C20H17N4O4S-. The number of aromatic amines is 1. The monoisotopic (exact) mass is 409 g/mol. The molecule has 2 aromatic heterocycles. The molecule has 2 aromatic carbocycles. The molecule has 4 aromatic rings. The van der Waals surface area contributed by atoms with Crippen LogP contribution in [0.1, 0.15) is 5.56 Å². The summed E-state index contributed by atoms with van der Waals surface area (Å²) in [6.07, 6.45) is 1.68. The van der Waals surface area contributed by atoms with Gasteiger partial charge in [-0.05, 0) is 35.9 Å². The number of rotatable bonds is 6. The van der Waals surface area contributed by atoms with Gasteiger partial charge in [-0.1, -0.05) is 24.3 Å². The van der Waals surface area contributed by atoms with Crippen molar-refractivity contribution in [1.29, 1.82) is 0 Å². The smallest absolute Gasteiger partial charge is 0.290 e. The molecule has 0 aliphatic carbocycles. The van der Waals surface area contributed by atoms with E-state index >= 15 is 0 Å². The molecule has 8 nitrogen and oxygen atoms in total. The number of para-hydroxylation sites is 1. The first-order valence-electron chi connectivity index (χ1n) is 8.76. The van der Waals surface area contributed by atoms with Crippen LogP contribution < -0.4 is 15.0 Å². The van der Waals surface area contributed by atoms with Crippen LogP contribution in [-0.2, 0) is 24.9 Å². The van der Waals surface area contributed by atoms with Crippen LogP contribution in [0.5, 0.6) is 11.5 Å². The molecular weight excluding hydrogens is 392 g/mol. The van der Waals surface area contributed by atoms with E-state index < -0.39 is 11.3 Å². The van der Waals surface area contributed by atoms with Crippen LogP contribution in [-0.4, -0.2) is 23.5 Å². The summed E-state index contributed by atoms with van der Waals surface area (Å²) in [6, 6.07) is 16.4. The number of hydrogen-bond acceptors (Lipinski definition) is 5. The van der Waals surface area contributed by atoms with Gasteiger partial charge in [-0.2, -0.15) is 5.10 Å². The van der Waals surface area contributed by atoms with Gasteiger partial charge in [0, 0.05) is 42.0 Å². The number of nitrogens with zero attached hydrogens (tertiary/aromatic N) is 2. The van der Waals surface area contributed by atoms with Crippen molar-refractivity contribution in [3.8, 4) is 22.8 Å². The third-order valence-electron chi connectivity index (χ3n) is 4.42. The Morgan fingerprint density at radius 2 is 2.00 bits per heavy atom. The zero-order chi connectivity index (χ0) is 20.4. The highest BCUT2D eigenvalue weighted by Crippen LogP contribution is 2.36. The van der Waals surface area contributed by atoms with E-state index in [-0.39, 0.29) is 12.1 Å². The maximum Gasteiger partial charge on any atom is 0.290 e. The summed E-state index contributed by atoms with van der Waals surface area (Å²) in [5.41, 5.74) is 2.12. The maximum atomic E-state index is 12.4. The number of aromatic nitrogens is 3. The highest BCUT2D eigenvalue weighted by Gasteiger charge is 2.17. The molecule has 1 unspecified atom stereocenters. The molecule has 0 saturated heterocycles. The molecule has 0 aliphatic rings. The Bertz CT molecular complexity index is 1250. The minimum atomic E-state index is -2.37. The van der Waals surface area contributed by atoms with E-state index in [0.29, 0.717) is 33.7 Å².